The van der Waals surface area contributed by atoms with Gasteiger partial charge in [-0.2, -0.15) is 4.31 Å². The van der Waals surface area contributed by atoms with Crippen LogP contribution in [-0.2, 0) is 21.2 Å². The number of piperidine rings is 1. The summed E-state index contributed by atoms with van der Waals surface area (Å²) in [6.45, 7) is 0.642. The summed E-state index contributed by atoms with van der Waals surface area (Å²) in [7, 11) is -0.222. The van der Waals surface area contributed by atoms with E-state index in [9.17, 15) is 22.0 Å². The molecule has 0 aromatic heterocycles. The molecule has 1 amide bonds. The van der Waals surface area contributed by atoms with Gasteiger partial charge in [-0.1, -0.05) is 30.3 Å². The van der Waals surface area contributed by atoms with Gasteiger partial charge in [-0.15, -0.1) is 0 Å². The second kappa shape index (κ2) is 10.5. The maximum Gasteiger partial charge on any atom is 0.246 e. The second-order valence-corrected chi connectivity index (χ2v) is 10.2. The minimum atomic E-state index is -4.16. The number of carbonyl (C=O) groups excluding carboxylic acids is 1. The molecule has 32 heavy (non-hydrogen) atoms. The fourth-order valence-electron chi connectivity index (χ4n) is 3.86. The van der Waals surface area contributed by atoms with Gasteiger partial charge in [-0.3, -0.25) is 4.79 Å². The molecule has 2 aromatic rings. The Kier molecular flexibility index (Phi) is 7.97. The van der Waals surface area contributed by atoms with Gasteiger partial charge in [0.1, 0.15) is 16.5 Å². The number of halogens is 2. The summed E-state index contributed by atoms with van der Waals surface area (Å²) >= 11 is 0. The average Bonchev–Trinajstić information content (AvgIpc) is 2.78. The molecule has 1 fully saturated rings. The highest BCUT2D eigenvalue weighted by Gasteiger charge is 2.34. The molecule has 1 heterocycles. The maximum atomic E-state index is 14.0. The number of carbonyl (C=O) groups is 1. The lowest BCUT2D eigenvalue weighted by Crippen LogP contribution is -2.46. The monoisotopic (exact) mass is 465 g/mol. The van der Waals surface area contributed by atoms with E-state index in [1.54, 1.807) is 0 Å². The molecule has 1 atom stereocenters. The van der Waals surface area contributed by atoms with Crippen LogP contribution in [0.25, 0.3) is 0 Å². The Hall–Kier alpha value is -2.36. The molecule has 2 aromatic carbocycles. The molecule has 0 spiro atoms. The SMILES string of the molecule is CN(C)C(CNC(=O)C1CCN(S(=O)(=O)c2cc(F)ccc2F)CC1)Cc1ccccc1. The third-order valence-corrected chi connectivity index (χ3v) is 7.81. The molecule has 0 saturated carbocycles. The Labute approximate surface area is 188 Å². The zero-order valence-electron chi connectivity index (χ0n) is 18.3. The largest absolute Gasteiger partial charge is 0.354 e. The lowest BCUT2D eigenvalue weighted by atomic mass is 9.97. The van der Waals surface area contributed by atoms with Crippen LogP contribution < -0.4 is 5.32 Å². The summed E-state index contributed by atoms with van der Waals surface area (Å²) in [6, 6.07) is 12.5. The van der Waals surface area contributed by atoms with E-state index in [0.29, 0.717) is 25.5 Å². The molecule has 0 bridgehead atoms. The van der Waals surface area contributed by atoms with Gasteiger partial charge in [-0.05, 0) is 57.1 Å². The molecule has 6 nitrogen and oxygen atoms in total. The number of sulfonamides is 1. The summed E-state index contributed by atoms with van der Waals surface area (Å²) in [5.74, 6) is -2.23. The van der Waals surface area contributed by atoms with Gasteiger partial charge in [-0.25, -0.2) is 17.2 Å². The van der Waals surface area contributed by atoms with Crippen molar-refractivity contribution in [2.24, 2.45) is 5.92 Å². The van der Waals surface area contributed by atoms with E-state index in [2.05, 4.69) is 22.3 Å². The van der Waals surface area contributed by atoms with E-state index in [4.69, 9.17) is 0 Å². The Morgan fingerprint density at radius 3 is 2.41 bits per heavy atom. The summed E-state index contributed by atoms with van der Waals surface area (Å²) in [5, 5.41) is 3.00. The number of likely N-dealkylation sites (N-methyl/N-ethyl adjacent to an activating group) is 1. The smallest absolute Gasteiger partial charge is 0.246 e. The van der Waals surface area contributed by atoms with E-state index in [1.165, 1.54) is 5.56 Å². The first-order valence-corrected chi connectivity index (χ1v) is 12.1. The quantitative estimate of drug-likeness (QED) is 0.651. The molecule has 1 N–H and O–H groups in total. The van der Waals surface area contributed by atoms with Gasteiger partial charge < -0.3 is 10.2 Å². The summed E-state index contributed by atoms with van der Waals surface area (Å²) in [5.41, 5.74) is 1.18. The third-order valence-electron chi connectivity index (χ3n) is 5.89. The van der Waals surface area contributed by atoms with Crippen LogP contribution in [0.4, 0.5) is 8.78 Å². The van der Waals surface area contributed by atoms with E-state index >= 15 is 0 Å². The molecular formula is C23H29F2N3O3S. The lowest BCUT2D eigenvalue weighted by Gasteiger charge is -2.31. The van der Waals surface area contributed by atoms with Gasteiger partial charge in [0.15, 0.2) is 0 Å². The average molecular weight is 466 g/mol. The van der Waals surface area contributed by atoms with E-state index in [0.717, 1.165) is 22.9 Å². The molecule has 1 saturated heterocycles. The van der Waals surface area contributed by atoms with Crippen LogP contribution in [0, 0.1) is 17.6 Å². The Bertz CT molecular complexity index is 1020. The highest BCUT2D eigenvalue weighted by molar-refractivity contribution is 7.89. The fourth-order valence-corrected chi connectivity index (χ4v) is 5.40. The number of nitrogens with zero attached hydrogens (tertiary/aromatic N) is 2. The zero-order chi connectivity index (χ0) is 23.3. The number of rotatable bonds is 8. The van der Waals surface area contributed by atoms with Crippen molar-refractivity contribution in [2.45, 2.75) is 30.2 Å². The zero-order valence-corrected chi connectivity index (χ0v) is 19.1. The predicted octanol–water partition coefficient (Wildman–Crippen LogP) is 2.65. The maximum absolute atomic E-state index is 14.0. The fraction of sp³-hybridized carbons (Fsp3) is 0.435. The highest BCUT2D eigenvalue weighted by atomic mass is 32.2. The van der Waals surface area contributed by atoms with Crippen LogP contribution in [0.3, 0.4) is 0 Å². The van der Waals surface area contributed by atoms with Crippen molar-refractivity contribution < 1.29 is 22.0 Å². The van der Waals surface area contributed by atoms with E-state index < -0.39 is 26.6 Å². The van der Waals surface area contributed by atoms with Crippen LogP contribution in [0.15, 0.2) is 53.4 Å². The van der Waals surface area contributed by atoms with Gasteiger partial charge in [0, 0.05) is 31.6 Å². The molecule has 1 aliphatic heterocycles. The molecule has 1 aliphatic rings. The van der Waals surface area contributed by atoms with Gasteiger partial charge in [0.25, 0.3) is 0 Å². The predicted molar refractivity (Wildman–Crippen MR) is 118 cm³/mol. The molecule has 3 rings (SSSR count). The minimum Gasteiger partial charge on any atom is -0.354 e. The van der Waals surface area contributed by atoms with Crippen LogP contribution >= 0.6 is 0 Å². The molecule has 1 unspecified atom stereocenters. The molecule has 0 radical (unpaired) electrons. The number of benzene rings is 2. The molecular weight excluding hydrogens is 436 g/mol. The first-order chi connectivity index (χ1) is 15.2. The van der Waals surface area contributed by atoms with Crippen molar-refractivity contribution in [3.8, 4) is 0 Å². The van der Waals surface area contributed by atoms with Gasteiger partial charge in [0.05, 0.1) is 0 Å². The first kappa shape index (κ1) is 24.3. The molecule has 0 aliphatic carbocycles. The summed E-state index contributed by atoms with van der Waals surface area (Å²) in [4.78, 5) is 14.1. The van der Waals surface area contributed by atoms with Crippen LogP contribution in [0.1, 0.15) is 18.4 Å². The first-order valence-electron chi connectivity index (χ1n) is 10.6. The van der Waals surface area contributed by atoms with Crippen molar-refractivity contribution in [3.63, 3.8) is 0 Å². The number of nitrogens with one attached hydrogen (secondary N) is 1. The van der Waals surface area contributed by atoms with Crippen molar-refractivity contribution >= 4 is 15.9 Å². The van der Waals surface area contributed by atoms with Crippen molar-refractivity contribution in [1.82, 2.24) is 14.5 Å². The minimum absolute atomic E-state index is 0.0809. The topological polar surface area (TPSA) is 69.7 Å². The van der Waals surface area contributed by atoms with Crippen LogP contribution in [0.2, 0.25) is 0 Å². The third kappa shape index (κ3) is 5.90. The van der Waals surface area contributed by atoms with E-state index in [1.807, 2.05) is 32.3 Å². The molecule has 174 valence electrons. The van der Waals surface area contributed by atoms with Crippen LogP contribution in [-0.4, -0.2) is 63.3 Å². The van der Waals surface area contributed by atoms with Crippen molar-refractivity contribution in [2.75, 3.05) is 33.7 Å². The van der Waals surface area contributed by atoms with Crippen LogP contribution in [0.5, 0.6) is 0 Å². The number of hydrogen-bond donors (Lipinski definition) is 1. The number of hydrogen-bond acceptors (Lipinski definition) is 4. The Morgan fingerprint density at radius 2 is 1.78 bits per heavy atom. The number of amides is 1. The van der Waals surface area contributed by atoms with Crippen molar-refractivity contribution in [3.05, 3.63) is 65.7 Å². The van der Waals surface area contributed by atoms with Gasteiger partial charge in [0.2, 0.25) is 15.9 Å². The van der Waals surface area contributed by atoms with E-state index in [-0.39, 0.29) is 31.0 Å². The normalized spacial score (nSPS) is 16.8. The highest BCUT2D eigenvalue weighted by Crippen LogP contribution is 2.26. The lowest BCUT2D eigenvalue weighted by molar-refractivity contribution is -0.126. The second-order valence-electron chi connectivity index (χ2n) is 8.31. The Balaban J connectivity index is 1.55. The summed E-state index contributed by atoms with van der Waals surface area (Å²) in [6.07, 6.45) is 1.45. The molecule has 9 heteroatoms. The van der Waals surface area contributed by atoms with Crippen molar-refractivity contribution in [1.29, 1.82) is 0 Å². The standard InChI is InChI=1S/C23H29F2N3O3S/c1-27(2)20(14-17-6-4-3-5-7-17)16-26-23(29)18-10-12-28(13-11-18)32(30,31)22-15-19(24)8-9-21(22)25/h3-9,15,18,20H,10-14,16H2,1-2H3,(H,26,29). The summed E-state index contributed by atoms with van der Waals surface area (Å²) < 4.78 is 54.0. The Morgan fingerprint density at radius 1 is 1.12 bits per heavy atom. The van der Waals surface area contributed by atoms with Gasteiger partial charge >= 0.3 is 0 Å².